The summed E-state index contributed by atoms with van der Waals surface area (Å²) in [5.41, 5.74) is 0.351. The number of nitrogens with zero attached hydrogens (tertiary/aromatic N) is 3. The van der Waals surface area contributed by atoms with E-state index in [2.05, 4.69) is 10.4 Å². The number of hydrazone groups is 1. The van der Waals surface area contributed by atoms with Crippen molar-refractivity contribution >= 4 is 18.2 Å². The number of rotatable bonds is 3. The second-order valence-corrected chi connectivity index (χ2v) is 4.71. The van der Waals surface area contributed by atoms with Crippen LogP contribution in [-0.4, -0.2) is 28.7 Å². The predicted octanol–water partition coefficient (Wildman–Crippen LogP) is 1.61. The lowest BCUT2D eigenvalue weighted by molar-refractivity contribution is -0.130. The molecule has 1 aliphatic rings. The maximum absolute atomic E-state index is 12.1. The number of urea groups is 1. The first-order valence-corrected chi connectivity index (χ1v) is 6.21. The molecule has 1 fully saturated rings. The maximum atomic E-state index is 12.1. The van der Waals surface area contributed by atoms with Gasteiger partial charge in [0.15, 0.2) is 0 Å². The van der Waals surface area contributed by atoms with E-state index in [1.807, 2.05) is 13.0 Å². The lowest BCUT2D eigenvalue weighted by Crippen LogP contribution is -2.42. The summed E-state index contributed by atoms with van der Waals surface area (Å²) in [6, 6.07) is 8.16. The Kier molecular flexibility index (Phi) is 3.53. The molecule has 6 nitrogen and oxygen atoms in total. The standard InChI is InChI=1S/C14H14N4O2/c1-3-14(2)12(19)18(13(20)17-14)16-9-11-6-4-10(8-15)5-7-11/h4-7,9H,3H2,1-2H3,(H,17,20). The van der Waals surface area contributed by atoms with Gasteiger partial charge < -0.3 is 5.32 Å². The van der Waals surface area contributed by atoms with Gasteiger partial charge in [0.1, 0.15) is 5.54 Å². The van der Waals surface area contributed by atoms with Gasteiger partial charge in [0.05, 0.1) is 17.8 Å². The lowest BCUT2D eigenvalue weighted by atomic mass is 10.00. The van der Waals surface area contributed by atoms with Gasteiger partial charge in [-0.3, -0.25) is 4.79 Å². The Labute approximate surface area is 116 Å². The van der Waals surface area contributed by atoms with Crippen molar-refractivity contribution in [1.29, 1.82) is 5.26 Å². The van der Waals surface area contributed by atoms with Crippen LogP contribution >= 0.6 is 0 Å². The van der Waals surface area contributed by atoms with Crippen LogP contribution in [-0.2, 0) is 4.79 Å². The summed E-state index contributed by atoms with van der Waals surface area (Å²) in [4.78, 5) is 23.8. The highest BCUT2D eigenvalue weighted by Gasteiger charge is 2.46. The summed E-state index contributed by atoms with van der Waals surface area (Å²) in [7, 11) is 0. The summed E-state index contributed by atoms with van der Waals surface area (Å²) < 4.78 is 0. The van der Waals surface area contributed by atoms with E-state index in [1.165, 1.54) is 6.21 Å². The number of imide groups is 1. The van der Waals surface area contributed by atoms with Crippen LogP contribution in [0.4, 0.5) is 4.79 Å². The molecule has 1 aromatic carbocycles. The average molecular weight is 270 g/mol. The van der Waals surface area contributed by atoms with Crippen molar-refractivity contribution < 1.29 is 9.59 Å². The van der Waals surface area contributed by atoms with Gasteiger partial charge in [0, 0.05) is 0 Å². The Hall–Kier alpha value is -2.68. The first kappa shape index (κ1) is 13.7. The van der Waals surface area contributed by atoms with E-state index in [-0.39, 0.29) is 5.91 Å². The second kappa shape index (κ2) is 5.13. The molecule has 0 spiro atoms. The second-order valence-electron chi connectivity index (χ2n) is 4.71. The zero-order valence-electron chi connectivity index (χ0n) is 11.3. The van der Waals surface area contributed by atoms with Gasteiger partial charge in [-0.05, 0) is 31.0 Å². The third kappa shape index (κ3) is 2.38. The van der Waals surface area contributed by atoms with Gasteiger partial charge >= 0.3 is 6.03 Å². The monoisotopic (exact) mass is 270 g/mol. The molecule has 1 aromatic rings. The van der Waals surface area contributed by atoms with Gasteiger partial charge in [0.25, 0.3) is 5.91 Å². The van der Waals surface area contributed by atoms with Gasteiger partial charge in [-0.1, -0.05) is 19.1 Å². The third-order valence-electron chi connectivity index (χ3n) is 3.31. The first-order chi connectivity index (χ1) is 9.50. The normalized spacial score (nSPS) is 22.1. The SMILES string of the molecule is CCC1(C)NC(=O)N(N=Cc2ccc(C#N)cc2)C1=O. The number of amides is 3. The summed E-state index contributed by atoms with van der Waals surface area (Å²) in [5, 5.41) is 16.1. The van der Waals surface area contributed by atoms with Crippen molar-refractivity contribution in [3.8, 4) is 6.07 Å². The minimum absolute atomic E-state index is 0.366. The molecular weight excluding hydrogens is 256 g/mol. The molecule has 2 rings (SSSR count). The summed E-state index contributed by atoms with van der Waals surface area (Å²) in [6.07, 6.45) is 1.92. The number of benzene rings is 1. The number of carbonyl (C=O) groups is 2. The number of nitriles is 1. The molecule has 6 heteroatoms. The van der Waals surface area contributed by atoms with E-state index in [0.717, 1.165) is 5.01 Å². The van der Waals surface area contributed by atoms with Crippen LogP contribution in [0.1, 0.15) is 31.4 Å². The molecular formula is C14H14N4O2. The Balaban J connectivity index is 2.17. The van der Waals surface area contributed by atoms with Crippen LogP contribution in [0.15, 0.2) is 29.4 Å². The van der Waals surface area contributed by atoms with Crippen molar-refractivity contribution in [3.63, 3.8) is 0 Å². The van der Waals surface area contributed by atoms with Crippen LogP contribution in [0.3, 0.4) is 0 Å². The maximum Gasteiger partial charge on any atom is 0.346 e. The van der Waals surface area contributed by atoms with Crippen LogP contribution in [0, 0.1) is 11.3 Å². The van der Waals surface area contributed by atoms with Crippen molar-refractivity contribution in [2.45, 2.75) is 25.8 Å². The van der Waals surface area contributed by atoms with Crippen LogP contribution < -0.4 is 5.32 Å². The molecule has 3 amide bonds. The molecule has 0 aliphatic carbocycles. The van der Waals surface area contributed by atoms with E-state index in [1.54, 1.807) is 31.2 Å². The summed E-state index contributed by atoms with van der Waals surface area (Å²) in [6.45, 7) is 3.50. The van der Waals surface area contributed by atoms with E-state index in [0.29, 0.717) is 17.5 Å². The Morgan fingerprint density at radius 1 is 1.40 bits per heavy atom. The van der Waals surface area contributed by atoms with Crippen LogP contribution in [0.25, 0.3) is 0 Å². The Morgan fingerprint density at radius 3 is 2.55 bits per heavy atom. The highest BCUT2D eigenvalue weighted by atomic mass is 16.2. The molecule has 0 aromatic heterocycles. The fourth-order valence-corrected chi connectivity index (χ4v) is 1.78. The summed E-state index contributed by atoms with van der Waals surface area (Å²) >= 11 is 0. The molecule has 20 heavy (non-hydrogen) atoms. The minimum atomic E-state index is -0.890. The molecule has 0 radical (unpaired) electrons. The van der Waals surface area contributed by atoms with Crippen LogP contribution in [0.5, 0.6) is 0 Å². The molecule has 1 heterocycles. The quantitative estimate of drug-likeness (QED) is 0.668. The number of hydrogen-bond donors (Lipinski definition) is 1. The predicted molar refractivity (Wildman–Crippen MR) is 72.8 cm³/mol. The van der Waals surface area contributed by atoms with E-state index in [9.17, 15) is 9.59 Å². The molecule has 1 saturated heterocycles. The molecule has 1 aliphatic heterocycles. The average Bonchev–Trinajstić information content (AvgIpc) is 2.68. The van der Waals surface area contributed by atoms with E-state index >= 15 is 0 Å². The number of nitrogens with one attached hydrogen (secondary N) is 1. The topological polar surface area (TPSA) is 85.6 Å². The number of carbonyl (C=O) groups excluding carboxylic acids is 2. The van der Waals surface area contributed by atoms with E-state index < -0.39 is 11.6 Å². The van der Waals surface area contributed by atoms with Gasteiger partial charge in [0.2, 0.25) is 0 Å². The fourth-order valence-electron chi connectivity index (χ4n) is 1.78. The van der Waals surface area contributed by atoms with Gasteiger partial charge in [-0.15, -0.1) is 5.01 Å². The van der Waals surface area contributed by atoms with Gasteiger partial charge in [-0.2, -0.15) is 10.4 Å². The van der Waals surface area contributed by atoms with Gasteiger partial charge in [-0.25, -0.2) is 4.79 Å². The smallest absolute Gasteiger partial charge is 0.322 e. The lowest BCUT2D eigenvalue weighted by Gasteiger charge is -2.17. The van der Waals surface area contributed by atoms with Crippen molar-refractivity contribution in [3.05, 3.63) is 35.4 Å². The largest absolute Gasteiger partial charge is 0.346 e. The Bertz CT molecular complexity index is 615. The van der Waals surface area contributed by atoms with Crippen molar-refractivity contribution in [1.82, 2.24) is 10.3 Å². The summed E-state index contributed by atoms with van der Waals surface area (Å²) in [5.74, 6) is -0.366. The zero-order chi connectivity index (χ0) is 14.8. The first-order valence-electron chi connectivity index (χ1n) is 6.21. The zero-order valence-corrected chi connectivity index (χ0v) is 11.3. The van der Waals surface area contributed by atoms with Crippen molar-refractivity contribution in [2.75, 3.05) is 0 Å². The Morgan fingerprint density at radius 2 is 2.05 bits per heavy atom. The van der Waals surface area contributed by atoms with Crippen molar-refractivity contribution in [2.24, 2.45) is 5.10 Å². The molecule has 0 saturated carbocycles. The van der Waals surface area contributed by atoms with E-state index in [4.69, 9.17) is 5.26 Å². The highest BCUT2D eigenvalue weighted by molar-refractivity contribution is 6.07. The third-order valence-corrected chi connectivity index (χ3v) is 3.31. The number of hydrogen-bond acceptors (Lipinski definition) is 4. The minimum Gasteiger partial charge on any atom is -0.322 e. The molecule has 1 atom stereocenters. The molecule has 1 unspecified atom stereocenters. The molecule has 0 bridgehead atoms. The van der Waals surface area contributed by atoms with Crippen LogP contribution in [0.2, 0.25) is 0 Å². The molecule has 102 valence electrons. The fraction of sp³-hybridized carbons (Fsp3) is 0.286. The highest BCUT2D eigenvalue weighted by Crippen LogP contribution is 2.20. The molecule has 1 N–H and O–H groups in total.